The number of nitrogen functional groups attached to an aromatic ring is 1. The first-order valence-electron chi connectivity index (χ1n) is 6.69. The van der Waals surface area contributed by atoms with E-state index in [0.717, 1.165) is 47.5 Å². The van der Waals surface area contributed by atoms with Crippen LogP contribution >= 0.6 is 0 Å². The minimum atomic E-state index is 0.777. The highest BCUT2D eigenvalue weighted by molar-refractivity contribution is 6.00. The predicted octanol–water partition coefficient (Wildman–Crippen LogP) is 2.49. The zero-order chi connectivity index (χ0) is 13.8. The molecule has 2 rings (SSSR count). The second kappa shape index (κ2) is 5.89. The number of anilines is 2. The molecule has 4 heteroatoms. The van der Waals surface area contributed by atoms with Crippen molar-refractivity contribution in [3.63, 3.8) is 0 Å². The Morgan fingerprint density at radius 3 is 2.84 bits per heavy atom. The highest BCUT2D eigenvalue weighted by Gasteiger charge is 2.05. The lowest BCUT2D eigenvalue weighted by molar-refractivity contribution is 0.367. The molecule has 0 radical (unpaired) electrons. The monoisotopic (exact) mass is 258 g/mol. The first-order chi connectivity index (χ1) is 9.11. The Hall–Kier alpha value is -1.81. The molecule has 0 spiro atoms. The summed E-state index contributed by atoms with van der Waals surface area (Å²) in [5, 5.41) is 5.64. The molecule has 0 saturated carbocycles. The maximum Gasteiger partial charge on any atom is 0.0423 e. The van der Waals surface area contributed by atoms with Crippen molar-refractivity contribution in [3.8, 4) is 0 Å². The molecule has 3 N–H and O–H groups in total. The van der Waals surface area contributed by atoms with Crippen molar-refractivity contribution >= 4 is 22.1 Å². The summed E-state index contributed by atoms with van der Waals surface area (Å²) in [6.45, 7) is 7.16. The van der Waals surface area contributed by atoms with Gasteiger partial charge in [0.15, 0.2) is 0 Å². The summed E-state index contributed by atoms with van der Waals surface area (Å²) >= 11 is 0. The highest BCUT2D eigenvalue weighted by atomic mass is 15.1. The number of aryl methyl sites for hydroxylation is 1. The molecule has 2 aromatic rings. The fourth-order valence-electron chi connectivity index (χ4n) is 2.06. The van der Waals surface area contributed by atoms with Crippen LogP contribution in [0.4, 0.5) is 11.4 Å². The summed E-state index contributed by atoms with van der Waals surface area (Å²) in [5.74, 6) is 0. The molecule has 1 heterocycles. The largest absolute Gasteiger partial charge is 0.398 e. The maximum atomic E-state index is 6.00. The Bertz CT molecular complexity index is 565. The second-order valence-corrected chi connectivity index (χ2v) is 4.90. The number of likely N-dealkylation sites (N-methyl/N-ethyl adjacent to an activating group) is 1. The average Bonchev–Trinajstić information content (AvgIpc) is 2.41. The zero-order valence-corrected chi connectivity index (χ0v) is 11.9. The predicted molar refractivity (Wildman–Crippen MR) is 82.6 cm³/mol. The van der Waals surface area contributed by atoms with E-state index >= 15 is 0 Å². The Labute approximate surface area is 114 Å². The topological polar surface area (TPSA) is 54.2 Å². The van der Waals surface area contributed by atoms with Gasteiger partial charge in [0.05, 0.1) is 0 Å². The van der Waals surface area contributed by atoms with Gasteiger partial charge in [0, 0.05) is 47.1 Å². The first-order valence-corrected chi connectivity index (χ1v) is 6.69. The van der Waals surface area contributed by atoms with E-state index in [1.54, 1.807) is 0 Å². The van der Waals surface area contributed by atoms with Crippen LogP contribution in [0.3, 0.4) is 0 Å². The quantitative estimate of drug-likeness (QED) is 0.809. The molecule has 0 aliphatic heterocycles. The molecule has 1 aromatic carbocycles. The lowest BCUT2D eigenvalue weighted by Crippen LogP contribution is -2.24. The lowest BCUT2D eigenvalue weighted by atomic mass is 10.1. The third kappa shape index (κ3) is 3.15. The minimum Gasteiger partial charge on any atom is -0.398 e. The van der Waals surface area contributed by atoms with Gasteiger partial charge in [-0.25, -0.2) is 0 Å². The van der Waals surface area contributed by atoms with Crippen molar-refractivity contribution in [2.24, 2.45) is 0 Å². The van der Waals surface area contributed by atoms with Crippen LogP contribution in [0.1, 0.15) is 12.6 Å². The van der Waals surface area contributed by atoms with Crippen LogP contribution in [0.15, 0.2) is 24.4 Å². The minimum absolute atomic E-state index is 0.777. The van der Waals surface area contributed by atoms with E-state index in [1.807, 2.05) is 25.3 Å². The number of hydrogen-bond donors (Lipinski definition) is 2. The van der Waals surface area contributed by atoms with Gasteiger partial charge in [-0.2, -0.15) is 0 Å². The Balaban J connectivity index is 2.23. The van der Waals surface area contributed by atoms with Crippen LogP contribution in [-0.4, -0.2) is 36.6 Å². The maximum absolute atomic E-state index is 6.00. The van der Waals surface area contributed by atoms with Crippen molar-refractivity contribution in [1.29, 1.82) is 0 Å². The summed E-state index contributed by atoms with van der Waals surface area (Å²) in [4.78, 5) is 6.59. The van der Waals surface area contributed by atoms with Crippen LogP contribution in [0.5, 0.6) is 0 Å². The van der Waals surface area contributed by atoms with E-state index in [-0.39, 0.29) is 0 Å². The van der Waals surface area contributed by atoms with E-state index in [4.69, 9.17) is 5.73 Å². The number of hydrogen-bond acceptors (Lipinski definition) is 4. The highest BCUT2D eigenvalue weighted by Crippen LogP contribution is 2.28. The SMILES string of the molecule is CCN(C)CCNc1ccc(N)c2cnc(C)cc12. The molecule has 0 atom stereocenters. The van der Waals surface area contributed by atoms with E-state index in [1.165, 1.54) is 0 Å². The van der Waals surface area contributed by atoms with E-state index < -0.39 is 0 Å². The molecular weight excluding hydrogens is 236 g/mol. The number of benzene rings is 1. The number of pyridine rings is 1. The molecule has 4 nitrogen and oxygen atoms in total. The van der Waals surface area contributed by atoms with Crippen molar-refractivity contribution in [3.05, 3.63) is 30.1 Å². The van der Waals surface area contributed by atoms with Crippen LogP contribution in [0.2, 0.25) is 0 Å². The summed E-state index contributed by atoms with van der Waals surface area (Å²) in [7, 11) is 2.12. The molecule has 0 bridgehead atoms. The number of nitrogens with one attached hydrogen (secondary N) is 1. The molecule has 0 unspecified atom stereocenters. The van der Waals surface area contributed by atoms with Crippen LogP contribution in [0.25, 0.3) is 10.8 Å². The normalized spacial score (nSPS) is 11.2. The Kier molecular flexibility index (Phi) is 4.22. The standard InChI is InChI=1S/C15H22N4/c1-4-19(3)8-7-17-15-6-5-14(16)13-10-18-11(2)9-12(13)15/h5-6,9-10,17H,4,7-8,16H2,1-3H3. The van der Waals surface area contributed by atoms with Gasteiger partial charge in [-0.15, -0.1) is 0 Å². The van der Waals surface area contributed by atoms with Gasteiger partial charge in [0.2, 0.25) is 0 Å². The van der Waals surface area contributed by atoms with E-state index in [2.05, 4.69) is 35.2 Å². The number of rotatable bonds is 5. The van der Waals surface area contributed by atoms with Crippen LogP contribution in [-0.2, 0) is 0 Å². The zero-order valence-electron chi connectivity index (χ0n) is 11.9. The summed E-state index contributed by atoms with van der Waals surface area (Å²) in [6.07, 6.45) is 1.85. The van der Waals surface area contributed by atoms with Gasteiger partial charge in [-0.3, -0.25) is 4.98 Å². The summed E-state index contributed by atoms with van der Waals surface area (Å²) < 4.78 is 0. The molecule has 0 aliphatic carbocycles. The fourth-order valence-corrected chi connectivity index (χ4v) is 2.06. The Morgan fingerprint density at radius 1 is 1.32 bits per heavy atom. The summed E-state index contributed by atoms with van der Waals surface area (Å²) in [6, 6.07) is 6.06. The average molecular weight is 258 g/mol. The van der Waals surface area contributed by atoms with Gasteiger partial charge < -0.3 is 16.0 Å². The number of aromatic nitrogens is 1. The van der Waals surface area contributed by atoms with Crippen LogP contribution < -0.4 is 11.1 Å². The van der Waals surface area contributed by atoms with Gasteiger partial charge >= 0.3 is 0 Å². The number of nitrogens with two attached hydrogens (primary N) is 1. The molecular formula is C15H22N4. The van der Waals surface area contributed by atoms with Gasteiger partial charge in [-0.1, -0.05) is 6.92 Å². The second-order valence-electron chi connectivity index (χ2n) is 4.90. The molecule has 0 saturated heterocycles. The molecule has 19 heavy (non-hydrogen) atoms. The molecule has 0 fully saturated rings. The summed E-state index contributed by atoms with van der Waals surface area (Å²) in [5.41, 5.74) is 8.90. The first kappa shape index (κ1) is 13.6. The van der Waals surface area contributed by atoms with Gasteiger partial charge in [0.1, 0.15) is 0 Å². The molecule has 0 amide bonds. The smallest absolute Gasteiger partial charge is 0.0423 e. The molecule has 0 aliphatic rings. The fraction of sp³-hybridized carbons (Fsp3) is 0.400. The van der Waals surface area contributed by atoms with Crippen molar-refractivity contribution in [1.82, 2.24) is 9.88 Å². The third-order valence-electron chi connectivity index (χ3n) is 3.42. The Morgan fingerprint density at radius 2 is 2.11 bits per heavy atom. The van der Waals surface area contributed by atoms with E-state index in [0.29, 0.717) is 0 Å². The van der Waals surface area contributed by atoms with Crippen molar-refractivity contribution < 1.29 is 0 Å². The third-order valence-corrected chi connectivity index (χ3v) is 3.42. The van der Waals surface area contributed by atoms with Gasteiger partial charge in [0.25, 0.3) is 0 Å². The molecule has 1 aromatic heterocycles. The number of fused-ring (bicyclic) bond motifs is 1. The van der Waals surface area contributed by atoms with Gasteiger partial charge in [-0.05, 0) is 38.7 Å². The van der Waals surface area contributed by atoms with Crippen molar-refractivity contribution in [2.75, 3.05) is 37.7 Å². The number of nitrogens with zero attached hydrogens (tertiary/aromatic N) is 2. The van der Waals surface area contributed by atoms with E-state index in [9.17, 15) is 0 Å². The van der Waals surface area contributed by atoms with Crippen LogP contribution in [0, 0.1) is 6.92 Å². The molecule has 102 valence electrons. The lowest BCUT2D eigenvalue weighted by Gasteiger charge is -2.16. The van der Waals surface area contributed by atoms with Crippen molar-refractivity contribution in [2.45, 2.75) is 13.8 Å².